The van der Waals surface area contributed by atoms with Crippen LogP contribution in [0.2, 0.25) is 0 Å². The summed E-state index contributed by atoms with van der Waals surface area (Å²) < 4.78 is 155. The number of hydrogen-bond acceptors (Lipinski definition) is 12. The summed E-state index contributed by atoms with van der Waals surface area (Å²) in [6, 6.07) is 0. The molecule has 0 aromatic heterocycles. The Labute approximate surface area is 241 Å². The van der Waals surface area contributed by atoms with Crippen molar-refractivity contribution >= 4 is 32.6 Å². The summed E-state index contributed by atoms with van der Waals surface area (Å²) in [4.78, 5) is 0. The molecule has 0 aliphatic carbocycles. The van der Waals surface area contributed by atoms with Gasteiger partial charge >= 0.3 is 31.3 Å². The summed E-state index contributed by atoms with van der Waals surface area (Å²) >= 11 is 0. The van der Waals surface area contributed by atoms with Gasteiger partial charge in [0.05, 0.1) is 79.3 Å². The minimum absolute atomic E-state index is 0. The summed E-state index contributed by atoms with van der Waals surface area (Å²) in [6.45, 7) is 7.54. The molecule has 0 atom stereocenters. The molecule has 0 unspecified atom stereocenters. The number of halogens is 7. The minimum Gasteiger partial charge on any atom is -0.382 e. The van der Waals surface area contributed by atoms with Gasteiger partial charge in [0.25, 0.3) is 0 Å². The van der Waals surface area contributed by atoms with Crippen LogP contribution >= 0.6 is 12.4 Å². The van der Waals surface area contributed by atoms with Gasteiger partial charge in [-0.05, 0) is 0 Å². The molecule has 0 saturated heterocycles. The quantitative estimate of drug-likeness (QED) is 0.0918. The van der Waals surface area contributed by atoms with E-state index in [-0.39, 0.29) is 12.4 Å². The highest BCUT2D eigenvalue weighted by Gasteiger charge is 2.45. The zero-order valence-electron chi connectivity index (χ0n) is 22.8. The van der Waals surface area contributed by atoms with Crippen molar-refractivity contribution in [1.82, 2.24) is 0 Å². The lowest BCUT2D eigenvalue weighted by atomic mass is 10.7. The Hall–Kier alpha value is -0.630. The molecule has 0 fully saturated rings. The third-order valence-electron chi connectivity index (χ3n) is 3.06. The zero-order valence-corrected chi connectivity index (χ0v) is 25.2. The maximum Gasteiger partial charge on any atom is 0.522 e. The fraction of sp³-hybridized carbons (Fsp3) is 1.00. The van der Waals surface area contributed by atoms with Crippen LogP contribution in [-0.4, -0.2) is 145 Å². The van der Waals surface area contributed by atoms with Gasteiger partial charge < -0.3 is 37.9 Å². The summed E-state index contributed by atoms with van der Waals surface area (Å²) in [5.74, 6) is 0. The van der Waals surface area contributed by atoms with E-state index in [0.29, 0.717) is 79.3 Å². The van der Waals surface area contributed by atoms with Gasteiger partial charge in [-0.1, -0.05) is 0 Å². The van der Waals surface area contributed by atoms with Gasteiger partial charge in [0.1, 0.15) is 0 Å². The molecule has 0 saturated carbocycles. The molecule has 0 aliphatic heterocycles. The van der Waals surface area contributed by atoms with Crippen LogP contribution in [0.3, 0.4) is 0 Å². The second-order valence-corrected chi connectivity index (χ2v) is 9.09. The largest absolute Gasteiger partial charge is 0.522 e. The highest BCUT2D eigenvalue weighted by molar-refractivity contribution is 7.86. The lowest BCUT2D eigenvalue weighted by Gasteiger charge is -2.04. The zero-order chi connectivity index (χ0) is 32.1. The smallest absolute Gasteiger partial charge is 0.382 e. The van der Waals surface area contributed by atoms with Gasteiger partial charge in [-0.3, -0.25) is 9.11 Å². The van der Waals surface area contributed by atoms with Crippen LogP contribution in [0.1, 0.15) is 0 Å². The molecular weight excluding hydrogens is 654 g/mol. The molecule has 2 N–H and O–H groups in total. The van der Waals surface area contributed by atoms with Crippen molar-refractivity contribution in [3.63, 3.8) is 0 Å². The Morgan fingerprint density at radius 1 is 0.439 bits per heavy atom. The fourth-order valence-corrected chi connectivity index (χ4v) is 1.21. The van der Waals surface area contributed by atoms with E-state index < -0.39 is 31.3 Å². The van der Waals surface area contributed by atoms with Crippen LogP contribution in [0.25, 0.3) is 0 Å². The van der Waals surface area contributed by atoms with Gasteiger partial charge in [0.2, 0.25) is 0 Å². The van der Waals surface area contributed by atoms with Crippen LogP contribution in [0.5, 0.6) is 0 Å². The first kappa shape index (κ1) is 50.0. The van der Waals surface area contributed by atoms with Gasteiger partial charge in [0.15, 0.2) is 0 Å². The molecular formula is C18H39ClF6O14S2. The van der Waals surface area contributed by atoms with Gasteiger partial charge in [-0.25, -0.2) is 0 Å². The van der Waals surface area contributed by atoms with E-state index in [1.807, 2.05) is 0 Å². The molecule has 41 heavy (non-hydrogen) atoms. The Bertz CT molecular complexity index is 659. The van der Waals surface area contributed by atoms with Crippen molar-refractivity contribution < 1.29 is 90.2 Å². The van der Waals surface area contributed by atoms with Crippen LogP contribution < -0.4 is 0 Å². The number of alkyl halides is 6. The first-order valence-corrected chi connectivity index (χ1v) is 13.6. The first-order chi connectivity index (χ1) is 18.3. The Morgan fingerprint density at radius 2 is 0.561 bits per heavy atom. The van der Waals surface area contributed by atoms with Gasteiger partial charge in [-0.2, -0.15) is 43.2 Å². The number of hydrogen-bond donors (Lipinski definition) is 2. The van der Waals surface area contributed by atoms with Crippen molar-refractivity contribution in [3.05, 3.63) is 0 Å². The van der Waals surface area contributed by atoms with Crippen LogP contribution in [0, 0.1) is 0 Å². The van der Waals surface area contributed by atoms with Gasteiger partial charge in [0, 0.05) is 28.4 Å². The van der Waals surface area contributed by atoms with E-state index >= 15 is 0 Å². The van der Waals surface area contributed by atoms with Crippen molar-refractivity contribution in [2.75, 3.05) is 108 Å². The first-order valence-electron chi connectivity index (χ1n) is 10.7. The molecule has 23 heteroatoms. The average Bonchev–Trinajstić information content (AvgIpc) is 2.81. The third kappa shape index (κ3) is 43.9. The molecule has 0 spiro atoms. The van der Waals surface area contributed by atoms with Crippen LogP contribution in [-0.2, 0) is 58.1 Å². The minimum atomic E-state index is -5.84. The maximum absolute atomic E-state index is 10.7. The molecule has 0 heterocycles. The predicted octanol–water partition coefficient (Wildman–Crippen LogP) is 1.83. The van der Waals surface area contributed by atoms with E-state index in [0.717, 1.165) is 0 Å². The SMILES string of the molecule is COCCOCCOCCOC.COCCOCCOCCOC.Cl.O=S(=O)(O)C(F)(F)F.O=S(=O)(O)C(F)(F)F. The Morgan fingerprint density at radius 3 is 0.659 bits per heavy atom. The van der Waals surface area contributed by atoms with E-state index in [4.69, 9.17) is 63.8 Å². The van der Waals surface area contributed by atoms with Gasteiger partial charge in [-0.15, -0.1) is 12.4 Å². The molecule has 0 radical (unpaired) electrons. The highest BCUT2D eigenvalue weighted by Crippen LogP contribution is 2.21. The van der Waals surface area contributed by atoms with E-state index in [1.54, 1.807) is 28.4 Å². The lowest BCUT2D eigenvalue weighted by Crippen LogP contribution is -2.21. The molecule has 0 bridgehead atoms. The standard InChI is InChI=1S/2C8H18O4.2CHF3O3S.ClH/c2*1-9-3-5-11-7-8-12-6-4-10-2;2*2-1(3,4)8(5,6)7;/h2*3-8H2,1-2H3;2*(H,5,6,7);1H. The van der Waals surface area contributed by atoms with Crippen molar-refractivity contribution in [2.45, 2.75) is 11.0 Å². The summed E-state index contributed by atoms with van der Waals surface area (Å²) in [5.41, 5.74) is -11.1. The Balaban J connectivity index is -0.000000142. The summed E-state index contributed by atoms with van der Waals surface area (Å²) in [5, 5.41) is 0. The second kappa shape index (κ2) is 30.8. The number of ether oxygens (including phenoxy) is 8. The molecule has 256 valence electrons. The maximum atomic E-state index is 10.7. The topological polar surface area (TPSA) is 183 Å². The van der Waals surface area contributed by atoms with E-state index in [2.05, 4.69) is 0 Å². The molecule has 14 nitrogen and oxygen atoms in total. The normalized spacial score (nSPS) is 11.6. The van der Waals surface area contributed by atoms with E-state index in [9.17, 15) is 26.3 Å². The fourth-order valence-electron chi connectivity index (χ4n) is 1.21. The number of rotatable bonds is 18. The molecule has 0 amide bonds. The number of methoxy groups -OCH3 is 4. The molecule has 0 aromatic carbocycles. The average molecular weight is 693 g/mol. The summed E-state index contributed by atoms with van der Waals surface area (Å²) in [6.07, 6.45) is 0. The van der Waals surface area contributed by atoms with Crippen molar-refractivity contribution in [1.29, 1.82) is 0 Å². The van der Waals surface area contributed by atoms with Crippen LogP contribution in [0.4, 0.5) is 26.3 Å². The molecule has 0 aromatic rings. The van der Waals surface area contributed by atoms with Crippen molar-refractivity contribution in [3.8, 4) is 0 Å². The second-order valence-electron chi connectivity index (χ2n) is 6.26. The van der Waals surface area contributed by atoms with Crippen molar-refractivity contribution in [2.24, 2.45) is 0 Å². The van der Waals surface area contributed by atoms with Crippen LogP contribution in [0.15, 0.2) is 0 Å². The predicted molar refractivity (Wildman–Crippen MR) is 133 cm³/mol. The monoisotopic (exact) mass is 692 g/mol. The van der Waals surface area contributed by atoms with E-state index in [1.165, 1.54) is 0 Å². The highest BCUT2D eigenvalue weighted by atomic mass is 35.5. The third-order valence-corrected chi connectivity index (χ3v) is 4.23. The Kier molecular flexibility index (Phi) is 37.6. The molecule has 0 aliphatic rings. The lowest BCUT2D eigenvalue weighted by molar-refractivity contribution is -0.0514. The molecule has 0 rings (SSSR count). The summed E-state index contributed by atoms with van der Waals surface area (Å²) in [7, 11) is -5.08.